The van der Waals surface area contributed by atoms with E-state index >= 15 is 0 Å². The predicted molar refractivity (Wildman–Crippen MR) is 107 cm³/mol. The number of benzene rings is 2. The lowest BCUT2D eigenvalue weighted by Crippen LogP contribution is -2.06. The number of hydrogen-bond donors (Lipinski definition) is 2. The van der Waals surface area contributed by atoms with E-state index in [9.17, 15) is 10.1 Å². The second-order valence-corrected chi connectivity index (χ2v) is 6.60. The fraction of sp³-hybridized carbons (Fsp3) is 0.200. The summed E-state index contributed by atoms with van der Waals surface area (Å²) in [6.07, 6.45) is 1.31. The molecule has 0 aliphatic heterocycles. The Hall–Kier alpha value is -3.48. The van der Waals surface area contributed by atoms with Crippen LogP contribution in [0.3, 0.4) is 0 Å². The van der Waals surface area contributed by atoms with Gasteiger partial charge in [-0.1, -0.05) is 12.1 Å². The fourth-order valence-electron chi connectivity index (χ4n) is 2.87. The van der Waals surface area contributed by atoms with Crippen LogP contribution in [0.25, 0.3) is 0 Å². The summed E-state index contributed by atoms with van der Waals surface area (Å²) < 4.78 is 0. The van der Waals surface area contributed by atoms with Crippen LogP contribution in [-0.4, -0.2) is 14.9 Å². The third-order valence-electron chi connectivity index (χ3n) is 4.26. The molecule has 3 aromatic rings. The van der Waals surface area contributed by atoms with E-state index in [1.165, 1.54) is 6.33 Å². The average molecular weight is 363 g/mol. The van der Waals surface area contributed by atoms with Gasteiger partial charge in [-0.05, 0) is 74.2 Å². The number of rotatable bonds is 5. The van der Waals surface area contributed by atoms with Gasteiger partial charge in [0.15, 0.2) is 0 Å². The number of nitro groups is 1. The molecule has 138 valence electrons. The van der Waals surface area contributed by atoms with Crippen LogP contribution in [0.5, 0.6) is 0 Å². The molecule has 7 heteroatoms. The number of nitrogens with one attached hydrogen (secondary N) is 2. The summed E-state index contributed by atoms with van der Waals surface area (Å²) in [5, 5.41) is 17.8. The summed E-state index contributed by atoms with van der Waals surface area (Å²) in [6, 6.07) is 11.6. The average Bonchev–Trinajstić information content (AvgIpc) is 2.57. The summed E-state index contributed by atoms with van der Waals surface area (Å²) in [5.74, 6) is 0.288. The van der Waals surface area contributed by atoms with Crippen LogP contribution in [0.15, 0.2) is 42.7 Å². The molecule has 0 fully saturated rings. The standard InChI is InChI=1S/C20H21N5O2/c1-12-7-13(2)9-17(8-12)24-20-18(25(26)27)19(21-11-22-20)23-16-6-5-14(3)15(4)10-16/h5-11H,1-4H3,(H2,21,22,23,24). The van der Waals surface area contributed by atoms with Gasteiger partial charge in [0, 0.05) is 11.4 Å². The maximum absolute atomic E-state index is 11.7. The molecule has 0 aliphatic carbocycles. The van der Waals surface area contributed by atoms with Crippen LogP contribution in [0.1, 0.15) is 22.3 Å². The van der Waals surface area contributed by atoms with Crippen LogP contribution < -0.4 is 10.6 Å². The zero-order chi connectivity index (χ0) is 19.6. The Morgan fingerprint density at radius 1 is 0.815 bits per heavy atom. The molecule has 0 saturated heterocycles. The molecule has 0 saturated carbocycles. The van der Waals surface area contributed by atoms with Crippen molar-refractivity contribution in [3.63, 3.8) is 0 Å². The maximum atomic E-state index is 11.7. The maximum Gasteiger partial charge on any atom is 0.353 e. The van der Waals surface area contributed by atoms with Gasteiger partial charge in [-0.25, -0.2) is 9.97 Å². The van der Waals surface area contributed by atoms with Crippen molar-refractivity contribution in [2.75, 3.05) is 10.6 Å². The van der Waals surface area contributed by atoms with Crippen LogP contribution >= 0.6 is 0 Å². The Bertz CT molecular complexity index is 997. The normalized spacial score (nSPS) is 10.5. The van der Waals surface area contributed by atoms with Gasteiger partial charge in [0.05, 0.1) is 4.92 Å². The number of aromatic nitrogens is 2. The van der Waals surface area contributed by atoms with Gasteiger partial charge in [0.25, 0.3) is 0 Å². The molecule has 0 bridgehead atoms. The van der Waals surface area contributed by atoms with Gasteiger partial charge in [0.1, 0.15) is 6.33 Å². The number of nitrogens with zero attached hydrogens (tertiary/aromatic N) is 3. The first-order chi connectivity index (χ1) is 12.8. The zero-order valence-electron chi connectivity index (χ0n) is 15.7. The molecule has 0 amide bonds. The largest absolute Gasteiger partial charge is 0.353 e. The monoisotopic (exact) mass is 363 g/mol. The summed E-state index contributed by atoms with van der Waals surface area (Å²) in [7, 11) is 0. The highest BCUT2D eigenvalue weighted by atomic mass is 16.6. The zero-order valence-corrected chi connectivity index (χ0v) is 15.7. The van der Waals surface area contributed by atoms with Crippen molar-refractivity contribution in [2.45, 2.75) is 27.7 Å². The van der Waals surface area contributed by atoms with Crippen molar-refractivity contribution >= 4 is 28.7 Å². The fourth-order valence-corrected chi connectivity index (χ4v) is 2.87. The first-order valence-electron chi connectivity index (χ1n) is 8.52. The molecule has 2 N–H and O–H groups in total. The van der Waals surface area contributed by atoms with E-state index in [0.29, 0.717) is 0 Å². The Labute approximate surface area is 157 Å². The van der Waals surface area contributed by atoms with Crippen LogP contribution in [0.4, 0.5) is 28.7 Å². The molecule has 0 radical (unpaired) electrons. The van der Waals surface area contributed by atoms with E-state index < -0.39 is 4.92 Å². The minimum atomic E-state index is -0.478. The van der Waals surface area contributed by atoms with Crippen LogP contribution in [-0.2, 0) is 0 Å². The Kier molecular flexibility index (Phi) is 5.03. The summed E-state index contributed by atoms with van der Waals surface area (Å²) in [5.41, 5.74) is 5.63. The van der Waals surface area contributed by atoms with E-state index in [1.807, 2.05) is 64.1 Å². The van der Waals surface area contributed by atoms with E-state index in [4.69, 9.17) is 0 Å². The minimum absolute atomic E-state index is 0.144. The van der Waals surface area contributed by atoms with Crippen molar-refractivity contribution in [3.05, 3.63) is 75.1 Å². The highest BCUT2D eigenvalue weighted by molar-refractivity contribution is 5.77. The second-order valence-electron chi connectivity index (χ2n) is 6.60. The van der Waals surface area contributed by atoms with E-state index in [0.717, 1.165) is 33.6 Å². The molecule has 27 heavy (non-hydrogen) atoms. The molecule has 0 spiro atoms. The summed E-state index contributed by atoms with van der Waals surface area (Å²) >= 11 is 0. The second kappa shape index (κ2) is 7.41. The SMILES string of the molecule is Cc1cc(C)cc(Nc2ncnc(Nc3ccc(C)c(C)c3)c2[N+](=O)[O-])c1. The van der Waals surface area contributed by atoms with Gasteiger partial charge < -0.3 is 10.6 Å². The smallest absolute Gasteiger partial charge is 0.334 e. The Morgan fingerprint density at radius 3 is 1.96 bits per heavy atom. The van der Waals surface area contributed by atoms with Gasteiger partial charge in [-0.15, -0.1) is 0 Å². The molecule has 7 nitrogen and oxygen atoms in total. The summed E-state index contributed by atoms with van der Waals surface area (Å²) in [4.78, 5) is 19.4. The van der Waals surface area contributed by atoms with Crippen molar-refractivity contribution in [1.82, 2.24) is 9.97 Å². The molecule has 0 aliphatic rings. The van der Waals surface area contributed by atoms with E-state index in [1.54, 1.807) is 0 Å². The minimum Gasteiger partial charge on any atom is -0.334 e. The molecule has 0 atom stereocenters. The number of hydrogen-bond acceptors (Lipinski definition) is 6. The van der Waals surface area contributed by atoms with Gasteiger partial charge >= 0.3 is 5.69 Å². The van der Waals surface area contributed by atoms with Crippen molar-refractivity contribution < 1.29 is 4.92 Å². The molecule has 3 rings (SSSR count). The highest BCUT2D eigenvalue weighted by Gasteiger charge is 2.23. The molecule has 1 heterocycles. The molecule has 2 aromatic carbocycles. The Balaban J connectivity index is 1.99. The van der Waals surface area contributed by atoms with Crippen LogP contribution in [0.2, 0.25) is 0 Å². The van der Waals surface area contributed by atoms with Crippen molar-refractivity contribution in [3.8, 4) is 0 Å². The molecule has 0 unspecified atom stereocenters. The quantitative estimate of drug-likeness (QED) is 0.483. The number of anilines is 4. The lowest BCUT2D eigenvalue weighted by molar-refractivity contribution is -0.383. The topological polar surface area (TPSA) is 93.0 Å². The van der Waals surface area contributed by atoms with E-state index in [-0.39, 0.29) is 17.3 Å². The molecular formula is C20H21N5O2. The number of aryl methyl sites for hydroxylation is 4. The first-order valence-corrected chi connectivity index (χ1v) is 8.52. The summed E-state index contributed by atoms with van der Waals surface area (Å²) in [6.45, 7) is 7.94. The molecular weight excluding hydrogens is 342 g/mol. The van der Waals surface area contributed by atoms with Crippen molar-refractivity contribution in [1.29, 1.82) is 0 Å². The van der Waals surface area contributed by atoms with Crippen LogP contribution in [0, 0.1) is 37.8 Å². The van der Waals surface area contributed by atoms with Gasteiger partial charge in [-0.3, -0.25) is 10.1 Å². The lowest BCUT2D eigenvalue weighted by atomic mass is 10.1. The molecule has 1 aromatic heterocycles. The van der Waals surface area contributed by atoms with E-state index in [2.05, 4.69) is 20.6 Å². The predicted octanol–water partition coefficient (Wildman–Crippen LogP) is 5.11. The van der Waals surface area contributed by atoms with Gasteiger partial charge in [0.2, 0.25) is 11.6 Å². The third kappa shape index (κ3) is 4.20. The highest BCUT2D eigenvalue weighted by Crippen LogP contribution is 2.33. The third-order valence-corrected chi connectivity index (χ3v) is 4.26. The van der Waals surface area contributed by atoms with Gasteiger partial charge in [-0.2, -0.15) is 0 Å². The Morgan fingerprint density at radius 2 is 1.41 bits per heavy atom. The van der Waals surface area contributed by atoms with Crippen molar-refractivity contribution in [2.24, 2.45) is 0 Å². The first kappa shape index (κ1) is 18.3. The lowest BCUT2D eigenvalue weighted by Gasteiger charge is -2.12.